The normalized spacial score (nSPS) is 17.6. The summed E-state index contributed by atoms with van der Waals surface area (Å²) in [4.78, 5) is 12.6. The molecule has 0 aromatic heterocycles. The highest BCUT2D eigenvalue weighted by Gasteiger charge is 2.26. The van der Waals surface area contributed by atoms with Crippen LogP contribution in [0.5, 0.6) is 0 Å². The molecule has 3 heteroatoms. The van der Waals surface area contributed by atoms with Gasteiger partial charge < -0.3 is 0 Å². The van der Waals surface area contributed by atoms with Crippen LogP contribution >= 0.6 is 23.2 Å². The highest BCUT2D eigenvalue weighted by Crippen LogP contribution is 2.30. The minimum absolute atomic E-state index is 0.0172. The van der Waals surface area contributed by atoms with Gasteiger partial charge in [-0.25, -0.2) is 0 Å². The molecule has 102 valence electrons. The van der Waals surface area contributed by atoms with Crippen molar-refractivity contribution in [3.63, 3.8) is 0 Å². The first-order valence-corrected chi connectivity index (χ1v) is 7.47. The molecule has 0 bridgehead atoms. The van der Waals surface area contributed by atoms with E-state index in [1.165, 1.54) is 11.1 Å². The van der Waals surface area contributed by atoms with Gasteiger partial charge >= 0.3 is 0 Å². The van der Waals surface area contributed by atoms with Crippen LogP contribution in [0.2, 0.25) is 10.0 Å². The van der Waals surface area contributed by atoms with E-state index in [4.69, 9.17) is 23.2 Å². The van der Waals surface area contributed by atoms with Gasteiger partial charge in [-0.1, -0.05) is 47.5 Å². The predicted octanol–water partition coefficient (Wildman–Crippen LogP) is 4.98. The van der Waals surface area contributed by atoms with Gasteiger partial charge in [-0.15, -0.1) is 0 Å². The topological polar surface area (TPSA) is 17.1 Å². The van der Waals surface area contributed by atoms with Gasteiger partial charge in [-0.3, -0.25) is 4.79 Å². The zero-order chi connectivity index (χ0) is 14.1. The first-order chi connectivity index (χ1) is 9.65. The number of aryl methyl sites for hydroxylation is 1. The number of halogens is 2. The van der Waals surface area contributed by atoms with E-state index >= 15 is 0 Å². The molecule has 3 rings (SSSR count). The van der Waals surface area contributed by atoms with Crippen LogP contribution in [0.15, 0.2) is 42.5 Å². The molecule has 1 nitrogen and oxygen atoms in total. The molecule has 0 spiro atoms. The monoisotopic (exact) mass is 304 g/mol. The Morgan fingerprint density at radius 3 is 2.55 bits per heavy atom. The highest BCUT2D eigenvalue weighted by molar-refractivity contribution is 6.36. The van der Waals surface area contributed by atoms with E-state index < -0.39 is 0 Å². The van der Waals surface area contributed by atoms with Gasteiger partial charge in [-0.05, 0) is 48.6 Å². The van der Waals surface area contributed by atoms with E-state index in [0.717, 1.165) is 19.3 Å². The third-order valence-corrected chi connectivity index (χ3v) is 4.46. The maximum absolute atomic E-state index is 12.6. The molecule has 2 aromatic carbocycles. The number of ketones is 1. The molecule has 0 aliphatic heterocycles. The molecule has 1 aliphatic carbocycles. The number of hydrogen-bond acceptors (Lipinski definition) is 1. The Bertz CT molecular complexity index is 664. The molecule has 2 aromatic rings. The molecule has 1 aliphatic rings. The molecule has 0 amide bonds. The Balaban J connectivity index is 1.86. The molecular weight excluding hydrogens is 291 g/mol. The van der Waals surface area contributed by atoms with Gasteiger partial charge in [0.2, 0.25) is 0 Å². The van der Waals surface area contributed by atoms with Gasteiger partial charge in [0.1, 0.15) is 0 Å². The van der Waals surface area contributed by atoms with Gasteiger partial charge in [-0.2, -0.15) is 0 Å². The van der Waals surface area contributed by atoms with Gasteiger partial charge in [0.25, 0.3) is 0 Å². The molecule has 0 saturated heterocycles. The van der Waals surface area contributed by atoms with Crippen LogP contribution in [0.4, 0.5) is 0 Å². The van der Waals surface area contributed by atoms with E-state index in [-0.39, 0.29) is 11.7 Å². The van der Waals surface area contributed by atoms with Crippen molar-refractivity contribution in [1.82, 2.24) is 0 Å². The second-order valence-corrected chi connectivity index (χ2v) is 6.04. The number of carbonyl (C=O) groups excluding carboxylic acids is 1. The Morgan fingerprint density at radius 2 is 1.80 bits per heavy atom. The summed E-state index contributed by atoms with van der Waals surface area (Å²) in [5.74, 6) is 0.143. The number of fused-ring (bicyclic) bond motifs is 1. The summed E-state index contributed by atoms with van der Waals surface area (Å²) >= 11 is 12.0. The first-order valence-electron chi connectivity index (χ1n) is 6.71. The van der Waals surface area contributed by atoms with Crippen LogP contribution < -0.4 is 0 Å². The molecular formula is C17H14Cl2O. The van der Waals surface area contributed by atoms with Crippen LogP contribution in [0.3, 0.4) is 0 Å². The SMILES string of the molecule is O=C(c1ccc(Cl)cc1Cl)C1CCc2ccccc2C1. The summed E-state index contributed by atoms with van der Waals surface area (Å²) in [6, 6.07) is 13.4. The van der Waals surface area contributed by atoms with Crippen LogP contribution in [0, 0.1) is 5.92 Å². The maximum atomic E-state index is 12.6. The van der Waals surface area contributed by atoms with Crippen LogP contribution in [-0.4, -0.2) is 5.78 Å². The molecule has 1 atom stereocenters. The molecule has 0 radical (unpaired) electrons. The van der Waals surface area contributed by atoms with Gasteiger partial charge in [0.15, 0.2) is 5.78 Å². The number of Topliss-reactive ketones (excluding diaryl/α,β-unsaturated/α-hetero) is 1. The van der Waals surface area contributed by atoms with Crippen molar-refractivity contribution in [2.24, 2.45) is 5.92 Å². The summed E-state index contributed by atoms with van der Waals surface area (Å²) in [5.41, 5.74) is 3.22. The molecule has 0 saturated carbocycles. The average molecular weight is 305 g/mol. The predicted molar refractivity (Wildman–Crippen MR) is 82.7 cm³/mol. The molecule has 0 N–H and O–H groups in total. The van der Waals surface area contributed by atoms with E-state index in [1.54, 1.807) is 18.2 Å². The van der Waals surface area contributed by atoms with E-state index in [9.17, 15) is 4.79 Å². The Hall–Kier alpha value is -1.31. The minimum atomic E-state index is 0.0172. The fourth-order valence-corrected chi connectivity index (χ4v) is 3.33. The van der Waals surface area contributed by atoms with Crippen LogP contribution in [-0.2, 0) is 12.8 Å². The van der Waals surface area contributed by atoms with Crippen LogP contribution in [0.25, 0.3) is 0 Å². The first kappa shape index (κ1) is 13.7. The molecule has 1 unspecified atom stereocenters. The summed E-state index contributed by atoms with van der Waals surface area (Å²) in [6.07, 6.45) is 2.64. The zero-order valence-electron chi connectivity index (χ0n) is 10.9. The minimum Gasteiger partial charge on any atom is -0.294 e. The van der Waals surface area contributed by atoms with E-state index in [0.29, 0.717) is 15.6 Å². The lowest BCUT2D eigenvalue weighted by atomic mass is 9.80. The average Bonchev–Trinajstić information content (AvgIpc) is 2.46. The van der Waals surface area contributed by atoms with Crippen molar-refractivity contribution in [3.05, 3.63) is 69.2 Å². The third kappa shape index (κ3) is 2.61. The number of benzene rings is 2. The Morgan fingerprint density at radius 1 is 1.05 bits per heavy atom. The molecule has 0 heterocycles. The van der Waals surface area contributed by atoms with E-state index in [1.807, 2.05) is 6.07 Å². The zero-order valence-corrected chi connectivity index (χ0v) is 12.4. The summed E-state index contributed by atoms with van der Waals surface area (Å²) in [7, 11) is 0. The lowest BCUT2D eigenvalue weighted by molar-refractivity contribution is 0.0909. The fourth-order valence-electron chi connectivity index (χ4n) is 2.83. The van der Waals surface area contributed by atoms with Crippen molar-refractivity contribution in [1.29, 1.82) is 0 Å². The fraction of sp³-hybridized carbons (Fsp3) is 0.235. The van der Waals surface area contributed by atoms with Crippen molar-refractivity contribution < 1.29 is 4.79 Å². The third-order valence-electron chi connectivity index (χ3n) is 3.91. The summed E-state index contributed by atoms with van der Waals surface area (Å²) < 4.78 is 0. The molecule has 20 heavy (non-hydrogen) atoms. The second-order valence-electron chi connectivity index (χ2n) is 5.20. The van der Waals surface area contributed by atoms with E-state index in [2.05, 4.69) is 18.2 Å². The second kappa shape index (κ2) is 5.59. The van der Waals surface area contributed by atoms with Gasteiger partial charge in [0, 0.05) is 16.5 Å². The lowest BCUT2D eigenvalue weighted by Crippen LogP contribution is -2.23. The maximum Gasteiger partial charge on any atom is 0.167 e. The smallest absolute Gasteiger partial charge is 0.167 e. The summed E-state index contributed by atoms with van der Waals surface area (Å²) in [6.45, 7) is 0. The van der Waals surface area contributed by atoms with Crippen molar-refractivity contribution >= 4 is 29.0 Å². The number of rotatable bonds is 2. The quantitative estimate of drug-likeness (QED) is 0.715. The van der Waals surface area contributed by atoms with Crippen LogP contribution in [0.1, 0.15) is 27.9 Å². The highest BCUT2D eigenvalue weighted by atomic mass is 35.5. The number of carbonyl (C=O) groups is 1. The largest absolute Gasteiger partial charge is 0.294 e. The lowest BCUT2D eigenvalue weighted by Gasteiger charge is -2.23. The standard InChI is InChI=1S/C17H14Cl2O/c18-14-7-8-15(16(19)10-14)17(20)13-6-5-11-3-1-2-4-12(11)9-13/h1-4,7-8,10,13H,5-6,9H2. The van der Waals surface area contributed by atoms with Crippen molar-refractivity contribution in [2.75, 3.05) is 0 Å². The molecule has 0 fully saturated rings. The van der Waals surface area contributed by atoms with Gasteiger partial charge in [0.05, 0.1) is 5.02 Å². The Kier molecular flexibility index (Phi) is 3.82. The number of hydrogen-bond donors (Lipinski definition) is 0. The summed E-state index contributed by atoms with van der Waals surface area (Å²) in [5, 5.41) is 1.00. The van der Waals surface area contributed by atoms with Crippen molar-refractivity contribution in [3.8, 4) is 0 Å². The van der Waals surface area contributed by atoms with Crippen molar-refractivity contribution in [2.45, 2.75) is 19.3 Å². The Labute approximate surface area is 128 Å².